The van der Waals surface area contributed by atoms with Crippen molar-refractivity contribution < 1.29 is 36.3 Å². The molecule has 0 bridgehead atoms. The van der Waals surface area contributed by atoms with Crippen LogP contribution in [0.3, 0.4) is 0 Å². The molecule has 0 aliphatic carbocycles. The Morgan fingerprint density at radius 1 is 1.16 bits per heavy atom. The SMILES string of the molecule is C[C@@H](OC(=O)c1ccc(S(=O)(=O)C(F)F)cc1)C(=O)N1CCOCC1. The van der Waals surface area contributed by atoms with Gasteiger partial charge in [-0.05, 0) is 31.2 Å². The fourth-order valence-corrected chi connectivity index (χ4v) is 2.92. The third-order valence-electron chi connectivity index (χ3n) is 3.61. The molecule has 7 nitrogen and oxygen atoms in total. The normalized spacial score (nSPS) is 16.6. The highest BCUT2D eigenvalue weighted by molar-refractivity contribution is 7.91. The number of carbonyl (C=O) groups is 2. The van der Waals surface area contributed by atoms with Crippen molar-refractivity contribution in [3.8, 4) is 0 Å². The molecule has 1 aromatic rings. The van der Waals surface area contributed by atoms with Crippen molar-refractivity contribution in [1.82, 2.24) is 4.90 Å². The van der Waals surface area contributed by atoms with E-state index >= 15 is 0 Å². The van der Waals surface area contributed by atoms with Crippen molar-refractivity contribution in [2.75, 3.05) is 26.3 Å². The van der Waals surface area contributed by atoms with Gasteiger partial charge in [0.1, 0.15) is 0 Å². The first-order valence-electron chi connectivity index (χ1n) is 7.43. The van der Waals surface area contributed by atoms with Crippen molar-refractivity contribution >= 4 is 21.7 Å². The first kappa shape index (κ1) is 19.3. The molecule has 0 N–H and O–H groups in total. The fourth-order valence-electron chi connectivity index (χ4n) is 2.20. The molecular formula is C15H17F2NO6S. The van der Waals surface area contributed by atoms with Crippen LogP contribution >= 0.6 is 0 Å². The van der Waals surface area contributed by atoms with Gasteiger partial charge in [0, 0.05) is 13.1 Å². The summed E-state index contributed by atoms with van der Waals surface area (Å²) in [6.45, 7) is 3.05. The minimum Gasteiger partial charge on any atom is -0.449 e. The van der Waals surface area contributed by atoms with Gasteiger partial charge in [-0.3, -0.25) is 4.79 Å². The lowest BCUT2D eigenvalue weighted by atomic mass is 10.2. The number of nitrogens with zero attached hydrogens (tertiary/aromatic N) is 1. The van der Waals surface area contributed by atoms with Crippen LogP contribution < -0.4 is 0 Å². The van der Waals surface area contributed by atoms with Gasteiger partial charge in [-0.1, -0.05) is 0 Å². The largest absolute Gasteiger partial charge is 0.449 e. The van der Waals surface area contributed by atoms with Gasteiger partial charge in [-0.15, -0.1) is 0 Å². The van der Waals surface area contributed by atoms with E-state index in [-0.39, 0.29) is 11.5 Å². The molecule has 10 heteroatoms. The van der Waals surface area contributed by atoms with Crippen LogP contribution in [0.1, 0.15) is 17.3 Å². The molecule has 0 aromatic heterocycles. The molecule has 0 saturated carbocycles. The van der Waals surface area contributed by atoms with E-state index in [1.165, 1.54) is 11.8 Å². The average molecular weight is 377 g/mol. The molecule has 1 fully saturated rings. The lowest BCUT2D eigenvalue weighted by Crippen LogP contribution is -2.46. The Balaban J connectivity index is 2.02. The summed E-state index contributed by atoms with van der Waals surface area (Å²) in [6, 6.07) is 3.91. The lowest BCUT2D eigenvalue weighted by Gasteiger charge is -2.28. The minimum atomic E-state index is -4.73. The summed E-state index contributed by atoms with van der Waals surface area (Å²) in [7, 11) is -4.73. The van der Waals surface area contributed by atoms with Gasteiger partial charge in [0.2, 0.25) is 9.84 Å². The summed E-state index contributed by atoms with van der Waals surface area (Å²) in [5, 5.41) is 0. The van der Waals surface area contributed by atoms with E-state index in [9.17, 15) is 26.8 Å². The summed E-state index contributed by atoms with van der Waals surface area (Å²) in [5.74, 6) is -4.76. The maximum Gasteiger partial charge on any atom is 0.341 e. The molecule has 25 heavy (non-hydrogen) atoms. The number of morpholine rings is 1. The molecule has 138 valence electrons. The minimum absolute atomic E-state index is 0.0464. The van der Waals surface area contributed by atoms with Crippen LogP contribution in [0.15, 0.2) is 29.2 Å². The predicted molar refractivity (Wildman–Crippen MR) is 81.9 cm³/mol. The molecule has 0 spiro atoms. The summed E-state index contributed by atoms with van der Waals surface area (Å²) in [4.78, 5) is 25.1. The highest BCUT2D eigenvalue weighted by Gasteiger charge is 2.28. The first-order chi connectivity index (χ1) is 11.7. The van der Waals surface area contributed by atoms with Gasteiger partial charge in [0.05, 0.1) is 23.7 Å². The molecule has 1 aliphatic rings. The zero-order valence-corrected chi connectivity index (χ0v) is 14.2. The number of amides is 1. The van der Waals surface area contributed by atoms with E-state index in [1.807, 2.05) is 0 Å². The number of alkyl halides is 2. The topological polar surface area (TPSA) is 90.0 Å². The second kappa shape index (κ2) is 7.87. The van der Waals surface area contributed by atoms with E-state index in [0.29, 0.717) is 26.3 Å². The maximum atomic E-state index is 12.5. The molecule has 1 aliphatic heterocycles. The number of sulfone groups is 1. The molecule has 1 heterocycles. The summed E-state index contributed by atoms with van der Waals surface area (Å²) in [6.07, 6.45) is -1.03. The van der Waals surface area contributed by atoms with Gasteiger partial charge >= 0.3 is 11.7 Å². The van der Waals surface area contributed by atoms with E-state index in [2.05, 4.69) is 0 Å². The van der Waals surface area contributed by atoms with Gasteiger partial charge < -0.3 is 14.4 Å². The number of hydrogen-bond donors (Lipinski definition) is 0. The molecule has 1 amide bonds. The van der Waals surface area contributed by atoms with Crippen molar-refractivity contribution in [2.24, 2.45) is 0 Å². The first-order valence-corrected chi connectivity index (χ1v) is 8.97. The zero-order chi connectivity index (χ0) is 18.6. The van der Waals surface area contributed by atoms with Gasteiger partial charge in [0.15, 0.2) is 6.10 Å². The molecule has 1 aromatic carbocycles. The van der Waals surface area contributed by atoms with Crippen molar-refractivity contribution in [3.63, 3.8) is 0 Å². The molecular weight excluding hydrogens is 360 g/mol. The van der Waals surface area contributed by atoms with E-state index < -0.39 is 32.6 Å². The predicted octanol–water partition coefficient (Wildman–Crippen LogP) is 1.09. The Hall–Kier alpha value is -2.07. The number of rotatable bonds is 5. The van der Waals surface area contributed by atoms with Crippen molar-refractivity contribution in [1.29, 1.82) is 0 Å². The Morgan fingerprint density at radius 2 is 1.72 bits per heavy atom. The quantitative estimate of drug-likeness (QED) is 0.714. The van der Waals surface area contributed by atoms with Crippen LogP contribution in [0.5, 0.6) is 0 Å². The van der Waals surface area contributed by atoms with Crippen LogP contribution in [0.25, 0.3) is 0 Å². The monoisotopic (exact) mass is 377 g/mol. The lowest BCUT2D eigenvalue weighted by molar-refractivity contribution is -0.143. The van der Waals surface area contributed by atoms with Crippen molar-refractivity contribution in [2.45, 2.75) is 23.7 Å². The molecule has 0 radical (unpaired) electrons. The number of esters is 1. The van der Waals surface area contributed by atoms with E-state index in [4.69, 9.17) is 9.47 Å². The average Bonchev–Trinajstić information content (AvgIpc) is 2.61. The standard InChI is InChI=1S/C15H17F2NO6S/c1-10(13(19)18-6-8-23-9-7-18)24-14(20)11-2-4-12(5-3-11)25(21,22)15(16)17/h2-5,10,15H,6-9H2,1H3/t10-/m1/s1. The molecule has 1 atom stereocenters. The fraction of sp³-hybridized carbons (Fsp3) is 0.467. The second-order valence-electron chi connectivity index (χ2n) is 5.32. The smallest absolute Gasteiger partial charge is 0.341 e. The number of halogens is 2. The summed E-state index contributed by atoms with van der Waals surface area (Å²) >= 11 is 0. The molecule has 0 unspecified atom stereocenters. The third kappa shape index (κ3) is 4.51. The third-order valence-corrected chi connectivity index (χ3v) is 5.01. The highest BCUT2D eigenvalue weighted by atomic mass is 32.2. The van der Waals surface area contributed by atoms with Gasteiger partial charge in [-0.2, -0.15) is 8.78 Å². The second-order valence-corrected chi connectivity index (χ2v) is 7.23. The number of carbonyl (C=O) groups excluding carboxylic acids is 2. The van der Waals surface area contributed by atoms with Gasteiger partial charge in [-0.25, -0.2) is 13.2 Å². The number of hydrogen-bond acceptors (Lipinski definition) is 6. The van der Waals surface area contributed by atoms with Crippen LogP contribution in [-0.4, -0.2) is 63.4 Å². The summed E-state index contributed by atoms with van der Waals surface area (Å²) in [5.41, 5.74) is -0.0464. The number of ether oxygens (including phenoxy) is 2. The summed E-state index contributed by atoms with van der Waals surface area (Å²) < 4.78 is 57.8. The zero-order valence-electron chi connectivity index (χ0n) is 13.4. The highest BCUT2D eigenvalue weighted by Crippen LogP contribution is 2.19. The molecule has 1 saturated heterocycles. The van der Waals surface area contributed by atoms with Crippen LogP contribution in [0.2, 0.25) is 0 Å². The Kier molecular flexibility index (Phi) is 6.07. The van der Waals surface area contributed by atoms with E-state index in [0.717, 1.165) is 24.3 Å². The Bertz CT molecular complexity index is 729. The van der Waals surface area contributed by atoms with Crippen LogP contribution in [-0.2, 0) is 24.1 Å². The maximum absolute atomic E-state index is 12.5. The molecule has 2 rings (SSSR count). The van der Waals surface area contributed by atoms with Crippen molar-refractivity contribution in [3.05, 3.63) is 29.8 Å². The van der Waals surface area contributed by atoms with Crippen LogP contribution in [0.4, 0.5) is 8.78 Å². The van der Waals surface area contributed by atoms with Gasteiger partial charge in [0.25, 0.3) is 5.91 Å². The van der Waals surface area contributed by atoms with Crippen LogP contribution in [0, 0.1) is 0 Å². The van der Waals surface area contributed by atoms with E-state index in [1.54, 1.807) is 0 Å². The number of benzene rings is 1. The Morgan fingerprint density at radius 3 is 2.24 bits per heavy atom. The Labute approximate surface area is 143 Å².